The summed E-state index contributed by atoms with van der Waals surface area (Å²) >= 11 is 3.10. The fraction of sp³-hybridized carbons (Fsp3) is 0.538. The van der Waals surface area contributed by atoms with Gasteiger partial charge in [0.1, 0.15) is 5.01 Å². The summed E-state index contributed by atoms with van der Waals surface area (Å²) in [4.78, 5) is 32.4. The highest BCUT2D eigenvalue weighted by Crippen LogP contribution is 2.60. The van der Waals surface area contributed by atoms with Gasteiger partial charge in [-0.2, -0.15) is 9.61 Å². The van der Waals surface area contributed by atoms with Gasteiger partial charge in [-0.3, -0.25) is 9.59 Å². The van der Waals surface area contributed by atoms with Crippen LogP contribution in [0, 0.1) is 23.2 Å². The lowest BCUT2D eigenvalue weighted by molar-refractivity contribution is -0.140. The molecule has 4 fully saturated rings. The van der Waals surface area contributed by atoms with Gasteiger partial charge in [0.15, 0.2) is 0 Å². The summed E-state index contributed by atoms with van der Waals surface area (Å²) in [6.45, 7) is 2.10. The third-order valence-corrected chi connectivity index (χ3v) is 9.91. The summed E-state index contributed by atoms with van der Waals surface area (Å²) in [7, 11) is 0. The molecule has 0 atom stereocenters. The summed E-state index contributed by atoms with van der Waals surface area (Å²) in [5.41, 5.74) is 1.30. The minimum Gasteiger partial charge on any atom is -0.325 e. The average molecular weight is 495 g/mol. The van der Waals surface area contributed by atoms with Crippen LogP contribution in [0.4, 0.5) is 5.69 Å². The number of carbonyl (C=O) groups excluding carboxylic acids is 1. The number of fused-ring (bicyclic) bond motifs is 1. The molecule has 1 N–H and O–H groups in total. The number of aromatic nitrogens is 3. The highest BCUT2D eigenvalue weighted by molar-refractivity contribution is 7.98. The number of amides is 1. The normalized spacial score (nSPS) is 27.4. The van der Waals surface area contributed by atoms with E-state index in [0.717, 1.165) is 71.1 Å². The maximum Gasteiger partial charge on any atom is 0.275 e. The van der Waals surface area contributed by atoms with Crippen LogP contribution >= 0.6 is 23.1 Å². The molecule has 4 aliphatic rings. The number of para-hydroxylation sites is 1. The number of rotatable bonds is 7. The van der Waals surface area contributed by atoms with Crippen molar-refractivity contribution in [2.24, 2.45) is 23.2 Å². The zero-order chi connectivity index (χ0) is 23.3. The number of nitrogens with zero attached hydrogens (tertiary/aromatic N) is 3. The number of nitrogens with one attached hydrogen (secondary N) is 1. The van der Waals surface area contributed by atoms with E-state index in [1.165, 1.54) is 35.1 Å². The summed E-state index contributed by atoms with van der Waals surface area (Å²) in [5.74, 6) is 3.01. The lowest BCUT2D eigenvalue weighted by Gasteiger charge is -2.55. The minimum atomic E-state index is -0.170. The Morgan fingerprint density at radius 2 is 1.88 bits per heavy atom. The van der Waals surface area contributed by atoms with E-state index in [9.17, 15) is 9.59 Å². The predicted octanol–water partition coefficient (Wildman–Crippen LogP) is 5.55. The number of carbonyl (C=O) groups is 1. The molecule has 4 bridgehead atoms. The summed E-state index contributed by atoms with van der Waals surface area (Å²) in [6.07, 6.45) is 9.01. The minimum absolute atomic E-state index is 0.136. The van der Waals surface area contributed by atoms with Gasteiger partial charge in [0.2, 0.25) is 10.9 Å². The van der Waals surface area contributed by atoms with E-state index in [2.05, 4.69) is 22.3 Å². The maximum absolute atomic E-state index is 13.6. The molecule has 1 aromatic carbocycles. The van der Waals surface area contributed by atoms with Crippen LogP contribution < -0.4 is 10.9 Å². The van der Waals surface area contributed by atoms with Crippen LogP contribution in [0.1, 0.15) is 62.6 Å². The summed E-state index contributed by atoms with van der Waals surface area (Å²) in [5, 5.41) is 8.64. The van der Waals surface area contributed by atoms with E-state index in [0.29, 0.717) is 10.7 Å². The molecular formula is C26H30N4O2S2. The zero-order valence-electron chi connectivity index (χ0n) is 19.5. The van der Waals surface area contributed by atoms with Crippen molar-refractivity contribution in [3.05, 3.63) is 51.4 Å². The van der Waals surface area contributed by atoms with E-state index < -0.39 is 0 Å². The van der Waals surface area contributed by atoms with Gasteiger partial charge in [0, 0.05) is 23.1 Å². The van der Waals surface area contributed by atoms with Gasteiger partial charge in [0.05, 0.1) is 16.8 Å². The molecule has 4 saturated carbocycles. The zero-order valence-corrected chi connectivity index (χ0v) is 21.1. The van der Waals surface area contributed by atoms with Crippen LogP contribution in [-0.4, -0.2) is 20.5 Å². The van der Waals surface area contributed by atoms with E-state index in [4.69, 9.17) is 0 Å². The Hall–Kier alpha value is -2.19. The molecule has 0 aliphatic heterocycles. The number of hydrogen-bond acceptors (Lipinski definition) is 6. The van der Waals surface area contributed by atoms with Crippen LogP contribution in [0.5, 0.6) is 0 Å². The molecule has 178 valence electrons. The van der Waals surface area contributed by atoms with E-state index in [-0.39, 0.29) is 16.9 Å². The highest BCUT2D eigenvalue weighted by Gasteiger charge is 2.54. The van der Waals surface area contributed by atoms with E-state index in [1.54, 1.807) is 17.8 Å². The average Bonchev–Trinajstić information content (AvgIpc) is 3.21. The molecule has 3 aromatic rings. The Morgan fingerprint density at radius 3 is 2.59 bits per heavy atom. The highest BCUT2D eigenvalue weighted by atomic mass is 32.2. The fourth-order valence-corrected chi connectivity index (χ4v) is 8.70. The molecule has 2 heterocycles. The summed E-state index contributed by atoms with van der Waals surface area (Å²) < 4.78 is 1.41. The molecular weight excluding hydrogens is 464 g/mol. The summed E-state index contributed by atoms with van der Waals surface area (Å²) in [6, 6.07) is 9.58. The molecule has 0 saturated heterocycles. The second-order valence-corrected chi connectivity index (χ2v) is 12.5. The maximum atomic E-state index is 13.6. The van der Waals surface area contributed by atoms with Gasteiger partial charge < -0.3 is 5.32 Å². The third-order valence-electron chi connectivity index (χ3n) is 7.83. The van der Waals surface area contributed by atoms with Gasteiger partial charge in [0.25, 0.3) is 5.56 Å². The van der Waals surface area contributed by atoms with Crippen LogP contribution in [0.15, 0.2) is 40.0 Å². The first-order valence-electron chi connectivity index (χ1n) is 12.4. The van der Waals surface area contributed by atoms with Gasteiger partial charge in [-0.25, -0.2) is 4.98 Å². The SMILES string of the molecule is CCCc1nn2c(=O)cc(CSc3ccccc3NC(=O)C34CC5CC(CC(C5)C3)C4)nc2s1. The Labute approximate surface area is 207 Å². The van der Waals surface area contributed by atoms with Crippen molar-refractivity contribution in [2.45, 2.75) is 68.9 Å². The van der Waals surface area contributed by atoms with E-state index >= 15 is 0 Å². The van der Waals surface area contributed by atoms with E-state index in [1.807, 2.05) is 24.3 Å². The number of hydrogen-bond donors (Lipinski definition) is 1. The standard InChI is InChI=1S/C26H30N4O2S2/c1-2-5-22-29-30-23(31)11-19(27-25(30)34-22)15-33-21-7-4-3-6-20(21)28-24(32)26-12-16-8-17(13-26)10-18(9-16)14-26/h3-4,6-7,11,16-18H,2,5,8-10,12-15H2,1H3,(H,28,32). The van der Waals surface area contributed by atoms with Crippen molar-refractivity contribution in [2.75, 3.05) is 5.32 Å². The number of anilines is 1. The number of benzene rings is 1. The first-order chi connectivity index (χ1) is 16.5. The van der Waals surface area contributed by atoms with Gasteiger partial charge in [-0.15, -0.1) is 11.8 Å². The molecule has 6 nitrogen and oxygen atoms in total. The van der Waals surface area contributed by atoms with Crippen LogP contribution in [0.2, 0.25) is 0 Å². The molecule has 8 heteroatoms. The lowest BCUT2D eigenvalue weighted by Crippen LogP contribution is -2.51. The molecule has 0 unspecified atom stereocenters. The van der Waals surface area contributed by atoms with Crippen LogP contribution in [-0.2, 0) is 17.0 Å². The number of thioether (sulfide) groups is 1. The second-order valence-electron chi connectivity index (χ2n) is 10.5. The quantitative estimate of drug-likeness (QED) is 0.436. The van der Waals surface area contributed by atoms with Gasteiger partial charge in [-0.05, 0) is 74.8 Å². The monoisotopic (exact) mass is 494 g/mol. The molecule has 1 amide bonds. The van der Waals surface area contributed by atoms with Crippen molar-refractivity contribution in [1.29, 1.82) is 0 Å². The smallest absolute Gasteiger partial charge is 0.275 e. The molecule has 34 heavy (non-hydrogen) atoms. The van der Waals surface area contributed by atoms with Crippen molar-refractivity contribution in [3.63, 3.8) is 0 Å². The van der Waals surface area contributed by atoms with Crippen molar-refractivity contribution >= 4 is 39.7 Å². The molecule has 4 aliphatic carbocycles. The van der Waals surface area contributed by atoms with Gasteiger partial charge >= 0.3 is 0 Å². The van der Waals surface area contributed by atoms with Crippen molar-refractivity contribution in [3.8, 4) is 0 Å². The topological polar surface area (TPSA) is 76.4 Å². The molecule has 7 rings (SSSR count). The van der Waals surface area contributed by atoms with Crippen LogP contribution in [0.3, 0.4) is 0 Å². The second kappa shape index (κ2) is 8.79. The predicted molar refractivity (Wildman–Crippen MR) is 136 cm³/mol. The molecule has 0 spiro atoms. The Bertz CT molecular complexity index is 1260. The van der Waals surface area contributed by atoms with Gasteiger partial charge in [-0.1, -0.05) is 30.4 Å². The first kappa shape index (κ1) is 22.3. The van der Waals surface area contributed by atoms with Crippen LogP contribution in [0.25, 0.3) is 4.96 Å². The number of aryl methyl sites for hydroxylation is 1. The van der Waals surface area contributed by atoms with Crippen molar-refractivity contribution in [1.82, 2.24) is 14.6 Å². The lowest BCUT2D eigenvalue weighted by atomic mass is 9.49. The Balaban J connectivity index is 1.18. The fourth-order valence-electron chi connectivity index (χ4n) is 6.78. The Morgan fingerprint density at radius 1 is 1.18 bits per heavy atom. The Kier molecular flexibility index (Phi) is 5.76. The van der Waals surface area contributed by atoms with Crippen molar-refractivity contribution < 1.29 is 4.79 Å². The third kappa shape index (κ3) is 4.09. The molecule has 2 aromatic heterocycles. The first-order valence-corrected chi connectivity index (χ1v) is 14.2. The largest absolute Gasteiger partial charge is 0.325 e. The molecule has 0 radical (unpaired) electrons.